The van der Waals surface area contributed by atoms with Crippen molar-refractivity contribution in [1.29, 1.82) is 0 Å². The second kappa shape index (κ2) is 22.4. The zero-order valence-corrected chi connectivity index (χ0v) is 48.5. The van der Waals surface area contributed by atoms with Gasteiger partial charge in [0.05, 0.1) is 53.0 Å². The molecule has 21 heteroatoms. The van der Waals surface area contributed by atoms with E-state index in [-0.39, 0.29) is 47.0 Å². The van der Waals surface area contributed by atoms with Crippen LogP contribution in [-0.2, 0) is 24.2 Å². The van der Waals surface area contributed by atoms with Crippen molar-refractivity contribution in [3.05, 3.63) is 99.7 Å². The Morgan fingerprint density at radius 1 is 0.807 bits per heavy atom. The van der Waals surface area contributed by atoms with Gasteiger partial charge in [0, 0.05) is 119 Å². The second-order valence-corrected chi connectivity index (χ2v) is 26.9. The lowest BCUT2D eigenvalue weighted by molar-refractivity contribution is -0.384. The van der Waals surface area contributed by atoms with Crippen molar-refractivity contribution in [2.45, 2.75) is 138 Å². The molecular weight excluding hydrogens is 1080 g/mol. The van der Waals surface area contributed by atoms with Crippen LogP contribution < -0.4 is 29.3 Å². The number of piperazine rings is 1. The predicted octanol–water partition coefficient (Wildman–Crippen LogP) is 8.33. The number of carbonyl (C=O) groups excluding carboxylic acids is 1. The first kappa shape index (κ1) is 54.8. The highest BCUT2D eigenvalue weighted by atomic mass is 32.2. The molecule has 83 heavy (non-hydrogen) atoms. The molecule has 5 atom stereocenters. The lowest BCUT2D eigenvalue weighted by Gasteiger charge is -2.59. The third kappa shape index (κ3) is 10.5. The van der Waals surface area contributed by atoms with E-state index >= 15 is 0 Å². The van der Waals surface area contributed by atoms with Crippen LogP contribution in [0.25, 0.3) is 11.0 Å². The zero-order chi connectivity index (χ0) is 56.6. The molecular formula is C62H78N10O10S. The van der Waals surface area contributed by atoms with Gasteiger partial charge in [-0.25, -0.2) is 13.1 Å². The predicted molar refractivity (Wildman–Crippen MR) is 315 cm³/mol. The number of amides is 1. The van der Waals surface area contributed by atoms with E-state index in [1.54, 1.807) is 6.07 Å². The average Bonchev–Trinajstić information content (AvgIpc) is 4.15. The van der Waals surface area contributed by atoms with Crippen molar-refractivity contribution < 1.29 is 41.8 Å². The molecule has 2 aliphatic carbocycles. The fraction of sp³-hybridized carbons (Fsp3) is 0.581. The van der Waals surface area contributed by atoms with Crippen LogP contribution in [0.2, 0.25) is 0 Å². The number of fused-ring (bicyclic) bond motifs is 4. The Balaban J connectivity index is 0.711. The summed E-state index contributed by atoms with van der Waals surface area (Å²) in [6, 6.07) is 23.1. The highest BCUT2D eigenvalue weighted by molar-refractivity contribution is 7.90. The van der Waals surface area contributed by atoms with Gasteiger partial charge >= 0.3 is 0 Å². The van der Waals surface area contributed by atoms with Gasteiger partial charge in [-0.3, -0.25) is 29.6 Å². The normalized spacial score (nSPS) is 28.2. The van der Waals surface area contributed by atoms with Crippen molar-refractivity contribution in [2.24, 2.45) is 11.3 Å². The van der Waals surface area contributed by atoms with Crippen molar-refractivity contribution in [3.63, 3.8) is 0 Å². The molecule has 442 valence electrons. The number of aromatic amines is 1. The summed E-state index contributed by atoms with van der Waals surface area (Å²) in [5.41, 5.74) is 5.58. The molecule has 2 saturated carbocycles. The molecule has 2 aromatic heterocycles. The van der Waals surface area contributed by atoms with Gasteiger partial charge in [0.15, 0.2) is 11.4 Å². The van der Waals surface area contributed by atoms with Crippen LogP contribution >= 0.6 is 0 Å². The molecule has 3 N–H and O–H groups in total. The third-order valence-corrected chi connectivity index (χ3v) is 21.8. The molecule has 1 amide bonds. The Morgan fingerprint density at radius 3 is 2.39 bits per heavy atom. The molecule has 0 bridgehead atoms. The number of ether oxygens (including phenoxy) is 5. The standard InChI is InChI=1S/C62H78N10O10S/c1-39-5-3-4-6-48(39)55-35-68(43-7-9-44(10-8-43)69-24-28-80-36-40(69)2)22-23-70(55)46-33-62(34-46)17-20-67(21-18-62)45-11-12-49(52(30-45)71-51-16-27-79-38-57(51)82-61-54(71)29-42-13-19-63-59(42)65-61)60(73)66-83(76,77)47-31-53(72(74)75)58-56(32-47)81-37-50(64-58)41-14-25-78-26-15-41/h3-6,11-13,19,29-32,40-41,43-44,46,50-51,55,57,64H,7-10,14-18,20-28,33-38H2,1-2H3,(H,63,65)(H,66,73)/t40-,43?,44?,50-,51-,55-,57-/m0/s1. The molecule has 9 heterocycles. The lowest BCUT2D eigenvalue weighted by atomic mass is 9.59. The van der Waals surface area contributed by atoms with Crippen LogP contribution in [0.5, 0.6) is 11.6 Å². The smallest absolute Gasteiger partial charge is 0.297 e. The summed E-state index contributed by atoms with van der Waals surface area (Å²) in [4.78, 5) is 47.5. The molecule has 7 fully saturated rings. The van der Waals surface area contributed by atoms with Crippen LogP contribution in [0.1, 0.15) is 105 Å². The molecule has 14 rings (SSSR count). The first-order valence-electron chi connectivity index (χ1n) is 30.5. The quantitative estimate of drug-likeness (QED) is 0.0839. The van der Waals surface area contributed by atoms with Crippen LogP contribution in [-0.4, -0.2) is 172 Å². The number of aromatic nitrogens is 2. The van der Waals surface area contributed by atoms with Gasteiger partial charge in [0.2, 0.25) is 5.88 Å². The van der Waals surface area contributed by atoms with E-state index < -0.39 is 37.5 Å². The Bertz CT molecular complexity index is 3350. The van der Waals surface area contributed by atoms with Gasteiger partial charge in [-0.1, -0.05) is 24.3 Å². The second-order valence-electron chi connectivity index (χ2n) is 25.2. The minimum atomic E-state index is -4.70. The number of nitro groups is 1. The van der Waals surface area contributed by atoms with Crippen molar-refractivity contribution >= 4 is 55.4 Å². The molecule has 0 unspecified atom stereocenters. The van der Waals surface area contributed by atoms with Gasteiger partial charge < -0.3 is 43.8 Å². The number of nitrogens with zero attached hydrogens (tertiary/aromatic N) is 7. The van der Waals surface area contributed by atoms with E-state index in [9.17, 15) is 23.3 Å². The number of nitro benzene ring substituents is 1. The number of nitrogens with one attached hydrogen (secondary N) is 3. The number of H-pyrrole nitrogens is 1. The summed E-state index contributed by atoms with van der Waals surface area (Å²) in [7, 11) is -4.70. The monoisotopic (exact) mass is 1150 g/mol. The number of hydrogen-bond donors (Lipinski definition) is 3. The number of hydrogen-bond acceptors (Lipinski definition) is 17. The summed E-state index contributed by atoms with van der Waals surface area (Å²) >= 11 is 0. The fourth-order valence-corrected chi connectivity index (χ4v) is 16.9. The number of benzene rings is 3. The molecule has 3 aromatic carbocycles. The Kier molecular flexibility index (Phi) is 14.8. The Morgan fingerprint density at radius 2 is 1.59 bits per heavy atom. The van der Waals surface area contributed by atoms with Crippen LogP contribution in [0, 0.1) is 28.4 Å². The van der Waals surface area contributed by atoms with Crippen molar-refractivity contribution in [1.82, 2.24) is 29.4 Å². The largest absolute Gasteiger partial charge is 0.489 e. The van der Waals surface area contributed by atoms with Crippen LogP contribution in [0.4, 0.5) is 28.4 Å². The molecule has 7 aliphatic heterocycles. The van der Waals surface area contributed by atoms with E-state index in [1.807, 2.05) is 30.5 Å². The molecule has 0 radical (unpaired) electrons. The third-order valence-electron chi connectivity index (χ3n) is 20.5. The Labute approximate surface area is 485 Å². The summed E-state index contributed by atoms with van der Waals surface area (Å²) in [5, 5.41) is 16.8. The lowest BCUT2D eigenvalue weighted by Crippen LogP contribution is -2.61. The number of carbonyl (C=O) groups is 1. The van der Waals surface area contributed by atoms with Crippen molar-refractivity contribution in [2.75, 3.05) is 101 Å². The van der Waals surface area contributed by atoms with Crippen molar-refractivity contribution in [3.8, 4) is 11.6 Å². The molecule has 5 saturated heterocycles. The topological polar surface area (TPSA) is 209 Å². The van der Waals surface area contributed by atoms with E-state index in [0.29, 0.717) is 86.0 Å². The maximum Gasteiger partial charge on any atom is 0.297 e. The molecule has 5 aromatic rings. The maximum atomic E-state index is 14.9. The maximum absolute atomic E-state index is 14.9. The summed E-state index contributed by atoms with van der Waals surface area (Å²) < 4.78 is 61.2. The summed E-state index contributed by atoms with van der Waals surface area (Å²) in [6.07, 6.45) is 13.0. The Hall–Kier alpha value is -6.07. The van der Waals surface area contributed by atoms with Gasteiger partial charge in [-0.15, -0.1) is 0 Å². The summed E-state index contributed by atoms with van der Waals surface area (Å²) in [6.45, 7) is 14.4. The molecule has 1 spiro atoms. The number of rotatable bonds is 11. The molecule has 9 aliphatic rings. The van der Waals surface area contributed by atoms with E-state index in [1.165, 1.54) is 55.7 Å². The number of piperidine rings is 1. The van der Waals surface area contributed by atoms with E-state index in [0.717, 1.165) is 95.3 Å². The number of anilines is 4. The van der Waals surface area contributed by atoms with Gasteiger partial charge in [0.25, 0.3) is 21.6 Å². The SMILES string of the molecule is Cc1ccccc1[C@@H]1CN(C2CCC(N3CCOC[C@@H]3C)CC2)CCN1C1CC2(CCN(c3ccc(C(=O)NS(=O)(=O)c4cc5c(c([N+](=O)[O-])c4)N[C@H](C4CCOCC4)CO5)c(N4c5cc6cc[nH]c6nc5O[C@H]5COCC[C@@H]54)c3)CC2)C1. The van der Waals surface area contributed by atoms with Gasteiger partial charge in [-0.2, -0.15) is 4.98 Å². The highest BCUT2D eigenvalue weighted by Gasteiger charge is 2.51. The van der Waals surface area contributed by atoms with Crippen LogP contribution in [0.3, 0.4) is 0 Å². The first-order chi connectivity index (χ1) is 40.3. The summed E-state index contributed by atoms with van der Waals surface area (Å²) in [5.74, 6) is -0.307. The number of pyridine rings is 1. The van der Waals surface area contributed by atoms with E-state index in [4.69, 9.17) is 28.7 Å². The minimum Gasteiger partial charge on any atom is -0.489 e. The number of aryl methyl sites for hydroxylation is 1. The highest BCUT2D eigenvalue weighted by Crippen LogP contribution is 2.54. The average molecular weight is 1160 g/mol. The van der Waals surface area contributed by atoms with Gasteiger partial charge in [0.1, 0.15) is 24.0 Å². The number of morpholine rings is 1. The zero-order valence-electron chi connectivity index (χ0n) is 47.7. The van der Waals surface area contributed by atoms with Crippen LogP contribution in [0.15, 0.2) is 77.8 Å². The number of sulfonamides is 1. The van der Waals surface area contributed by atoms with Gasteiger partial charge in [-0.05, 0) is 137 Å². The molecule has 20 nitrogen and oxygen atoms in total. The van der Waals surface area contributed by atoms with E-state index in [2.05, 4.69) is 77.6 Å². The first-order valence-corrected chi connectivity index (χ1v) is 32.0. The fourth-order valence-electron chi connectivity index (χ4n) is 15.9. The minimum absolute atomic E-state index is 0.0346.